The Morgan fingerprint density at radius 2 is 1.91 bits per heavy atom. The Bertz CT molecular complexity index is 1020. The Morgan fingerprint density at radius 1 is 1.12 bits per heavy atom. The number of benzene rings is 2. The molecule has 0 aliphatic carbocycles. The zero-order valence-electron chi connectivity index (χ0n) is 18.7. The van der Waals surface area contributed by atoms with Gasteiger partial charge in [0.05, 0.1) is 12.9 Å². The number of methoxy groups -OCH3 is 1. The van der Waals surface area contributed by atoms with E-state index in [4.69, 9.17) is 4.74 Å². The SMILES string of the molecule is COc1ccc(-c2nnc(SCC(=O)N3CCCC(C)C3)n2CCc2ccccc2)cc1. The number of carbonyl (C=O) groups excluding carboxylic acids is 1. The highest BCUT2D eigenvalue weighted by Crippen LogP contribution is 2.27. The number of carbonyl (C=O) groups is 1. The summed E-state index contributed by atoms with van der Waals surface area (Å²) in [5.41, 5.74) is 2.24. The average Bonchev–Trinajstić information content (AvgIpc) is 3.24. The summed E-state index contributed by atoms with van der Waals surface area (Å²) in [5.74, 6) is 2.77. The number of piperidine rings is 1. The van der Waals surface area contributed by atoms with Gasteiger partial charge in [-0.15, -0.1) is 10.2 Å². The van der Waals surface area contributed by atoms with Gasteiger partial charge in [0.25, 0.3) is 0 Å². The van der Waals surface area contributed by atoms with Crippen molar-refractivity contribution in [3.05, 3.63) is 60.2 Å². The van der Waals surface area contributed by atoms with Gasteiger partial charge in [-0.3, -0.25) is 4.79 Å². The molecular formula is C25H30N4O2S. The molecule has 1 saturated heterocycles. The molecule has 0 N–H and O–H groups in total. The van der Waals surface area contributed by atoms with Crippen LogP contribution in [0.15, 0.2) is 59.8 Å². The third kappa shape index (κ3) is 5.51. The number of thioether (sulfide) groups is 1. The first-order chi connectivity index (χ1) is 15.6. The van der Waals surface area contributed by atoms with Crippen molar-refractivity contribution < 1.29 is 9.53 Å². The molecular weight excluding hydrogens is 420 g/mol. The Labute approximate surface area is 194 Å². The second kappa shape index (κ2) is 10.7. The van der Waals surface area contributed by atoms with Crippen LogP contribution in [-0.4, -0.2) is 51.5 Å². The Morgan fingerprint density at radius 3 is 2.62 bits per heavy atom. The van der Waals surface area contributed by atoms with Gasteiger partial charge in [0.1, 0.15) is 5.75 Å². The molecule has 0 spiro atoms. The zero-order chi connectivity index (χ0) is 22.3. The molecule has 7 heteroatoms. The van der Waals surface area contributed by atoms with Gasteiger partial charge >= 0.3 is 0 Å². The summed E-state index contributed by atoms with van der Waals surface area (Å²) in [6, 6.07) is 18.3. The fraction of sp³-hybridized carbons (Fsp3) is 0.400. The molecule has 6 nitrogen and oxygen atoms in total. The van der Waals surface area contributed by atoms with Crippen molar-refractivity contribution >= 4 is 17.7 Å². The number of rotatable bonds is 8. The maximum Gasteiger partial charge on any atom is 0.233 e. The van der Waals surface area contributed by atoms with Crippen LogP contribution in [0.3, 0.4) is 0 Å². The van der Waals surface area contributed by atoms with Crippen LogP contribution >= 0.6 is 11.8 Å². The van der Waals surface area contributed by atoms with Crippen molar-refractivity contribution in [2.45, 2.75) is 37.9 Å². The molecule has 168 valence electrons. The minimum absolute atomic E-state index is 0.185. The molecule has 2 heterocycles. The number of amides is 1. The summed E-state index contributed by atoms with van der Waals surface area (Å²) in [6.07, 6.45) is 3.16. The normalized spacial score (nSPS) is 16.2. The van der Waals surface area contributed by atoms with Gasteiger partial charge in [0, 0.05) is 25.2 Å². The van der Waals surface area contributed by atoms with Crippen LogP contribution in [0.1, 0.15) is 25.3 Å². The molecule has 1 fully saturated rings. The first-order valence-electron chi connectivity index (χ1n) is 11.2. The van der Waals surface area contributed by atoms with E-state index < -0.39 is 0 Å². The van der Waals surface area contributed by atoms with Crippen molar-refractivity contribution in [2.75, 3.05) is 26.0 Å². The number of hydrogen-bond donors (Lipinski definition) is 0. The lowest BCUT2D eigenvalue weighted by atomic mass is 10.0. The summed E-state index contributed by atoms with van der Waals surface area (Å²) in [5, 5.41) is 9.72. The van der Waals surface area contributed by atoms with Crippen LogP contribution in [0, 0.1) is 5.92 Å². The lowest BCUT2D eigenvalue weighted by Gasteiger charge is -2.30. The molecule has 1 aliphatic rings. The Balaban J connectivity index is 1.52. The second-order valence-electron chi connectivity index (χ2n) is 8.30. The van der Waals surface area contributed by atoms with Crippen molar-refractivity contribution in [3.8, 4) is 17.1 Å². The van der Waals surface area contributed by atoms with Crippen molar-refractivity contribution in [1.82, 2.24) is 19.7 Å². The van der Waals surface area contributed by atoms with Gasteiger partial charge in [0.2, 0.25) is 5.91 Å². The van der Waals surface area contributed by atoms with Crippen LogP contribution in [-0.2, 0) is 17.8 Å². The van der Waals surface area contributed by atoms with Crippen molar-refractivity contribution in [1.29, 1.82) is 0 Å². The van der Waals surface area contributed by atoms with Gasteiger partial charge in [-0.2, -0.15) is 0 Å². The number of aromatic nitrogens is 3. The van der Waals surface area contributed by atoms with E-state index in [0.717, 1.165) is 54.8 Å². The predicted molar refractivity (Wildman–Crippen MR) is 128 cm³/mol. The van der Waals surface area contributed by atoms with Crippen LogP contribution in [0.4, 0.5) is 0 Å². The molecule has 1 amide bonds. The molecule has 1 aliphatic heterocycles. The maximum atomic E-state index is 12.8. The number of nitrogens with zero attached hydrogens (tertiary/aromatic N) is 4. The molecule has 0 bridgehead atoms. The molecule has 0 radical (unpaired) electrons. The van der Waals surface area contributed by atoms with E-state index in [1.54, 1.807) is 7.11 Å². The van der Waals surface area contributed by atoms with Crippen LogP contribution in [0.25, 0.3) is 11.4 Å². The van der Waals surface area contributed by atoms with E-state index >= 15 is 0 Å². The topological polar surface area (TPSA) is 60.3 Å². The molecule has 1 aromatic heterocycles. The number of aryl methyl sites for hydroxylation is 1. The van der Waals surface area contributed by atoms with Crippen molar-refractivity contribution in [3.63, 3.8) is 0 Å². The zero-order valence-corrected chi connectivity index (χ0v) is 19.6. The minimum Gasteiger partial charge on any atom is -0.497 e. The van der Waals surface area contributed by atoms with Crippen LogP contribution < -0.4 is 4.74 Å². The average molecular weight is 451 g/mol. The summed E-state index contributed by atoms with van der Waals surface area (Å²) in [4.78, 5) is 14.8. The second-order valence-corrected chi connectivity index (χ2v) is 9.24. The maximum absolute atomic E-state index is 12.8. The van der Waals surface area contributed by atoms with E-state index in [2.05, 4.69) is 46.0 Å². The minimum atomic E-state index is 0.185. The summed E-state index contributed by atoms with van der Waals surface area (Å²) < 4.78 is 7.42. The lowest BCUT2D eigenvalue weighted by molar-refractivity contribution is -0.130. The number of hydrogen-bond acceptors (Lipinski definition) is 5. The molecule has 2 aromatic carbocycles. The standard InChI is InChI=1S/C25H30N4O2S/c1-19-7-6-15-28(17-19)23(30)18-32-25-27-26-24(21-10-12-22(31-2)13-11-21)29(25)16-14-20-8-4-3-5-9-20/h3-5,8-13,19H,6-7,14-18H2,1-2H3. The smallest absolute Gasteiger partial charge is 0.233 e. The van der Waals surface area contributed by atoms with Crippen LogP contribution in [0.5, 0.6) is 5.75 Å². The van der Waals surface area contributed by atoms with E-state index in [0.29, 0.717) is 11.7 Å². The molecule has 32 heavy (non-hydrogen) atoms. The van der Waals surface area contributed by atoms with E-state index in [-0.39, 0.29) is 5.91 Å². The molecule has 4 rings (SSSR count). The molecule has 1 unspecified atom stereocenters. The van der Waals surface area contributed by atoms with Gasteiger partial charge in [-0.05, 0) is 55.0 Å². The quantitative estimate of drug-likeness (QED) is 0.471. The largest absolute Gasteiger partial charge is 0.497 e. The highest BCUT2D eigenvalue weighted by atomic mass is 32.2. The Kier molecular flexibility index (Phi) is 7.47. The monoisotopic (exact) mass is 450 g/mol. The predicted octanol–water partition coefficient (Wildman–Crippen LogP) is 4.55. The number of likely N-dealkylation sites (tertiary alicyclic amines) is 1. The lowest BCUT2D eigenvalue weighted by Crippen LogP contribution is -2.40. The van der Waals surface area contributed by atoms with E-state index in [9.17, 15) is 4.79 Å². The molecule has 3 aromatic rings. The first kappa shape index (κ1) is 22.4. The number of ether oxygens (including phenoxy) is 1. The third-order valence-corrected chi connectivity index (χ3v) is 6.82. The fourth-order valence-electron chi connectivity index (χ4n) is 4.07. The van der Waals surface area contributed by atoms with Gasteiger partial charge in [0.15, 0.2) is 11.0 Å². The summed E-state index contributed by atoms with van der Waals surface area (Å²) in [6.45, 7) is 4.68. The van der Waals surface area contributed by atoms with Crippen LogP contribution in [0.2, 0.25) is 0 Å². The third-order valence-electron chi connectivity index (χ3n) is 5.87. The van der Waals surface area contributed by atoms with E-state index in [1.807, 2.05) is 35.2 Å². The molecule has 1 atom stereocenters. The fourth-order valence-corrected chi connectivity index (χ4v) is 4.94. The summed E-state index contributed by atoms with van der Waals surface area (Å²) in [7, 11) is 1.66. The van der Waals surface area contributed by atoms with Gasteiger partial charge < -0.3 is 14.2 Å². The summed E-state index contributed by atoms with van der Waals surface area (Å²) >= 11 is 1.48. The highest BCUT2D eigenvalue weighted by Gasteiger charge is 2.22. The van der Waals surface area contributed by atoms with Gasteiger partial charge in [-0.25, -0.2) is 0 Å². The first-order valence-corrected chi connectivity index (χ1v) is 12.1. The molecule has 0 saturated carbocycles. The van der Waals surface area contributed by atoms with Gasteiger partial charge in [-0.1, -0.05) is 49.0 Å². The Hall–Kier alpha value is -2.80. The van der Waals surface area contributed by atoms with Crippen molar-refractivity contribution in [2.24, 2.45) is 5.92 Å². The highest BCUT2D eigenvalue weighted by molar-refractivity contribution is 7.99. The van der Waals surface area contributed by atoms with E-state index in [1.165, 1.54) is 23.7 Å².